The predicted octanol–water partition coefficient (Wildman–Crippen LogP) is 5.85. The molecule has 0 saturated carbocycles. The van der Waals surface area contributed by atoms with Crippen LogP contribution >= 0.6 is 11.3 Å². The molecule has 4 aromatic rings. The predicted molar refractivity (Wildman–Crippen MR) is 101 cm³/mol. The van der Waals surface area contributed by atoms with Gasteiger partial charge in [0, 0.05) is 28.4 Å². The van der Waals surface area contributed by atoms with Gasteiger partial charge >= 0.3 is 0 Å². The van der Waals surface area contributed by atoms with Crippen molar-refractivity contribution in [3.63, 3.8) is 0 Å². The quantitative estimate of drug-likeness (QED) is 0.471. The number of hydrogen-bond donors (Lipinski definition) is 0. The van der Waals surface area contributed by atoms with Crippen molar-refractivity contribution in [1.29, 1.82) is 0 Å². The van der Waals surface area contributed by atoms with Crippen LogP contribution in [0, 0.1) is 6.92 Å². The summed E-state index contributed by atoms with van der Waals surface area (Å²) in [7, 11) is 0. The summed E-state index contributed by atoms with van der Waals surface area (Å²) in [6.07, 6.45) is 1.89. The molecular formula is C21H16N2S. The van der Waals surface area contributed by atoms with Crippen molar-refractivity contribution in [3.05, 3.63) is 84.0 Å². The Hall–Kier alpha value is -2.78. The summed E-state index contributed by atoms with van der Waals surface area (Å²) < 4.78 is 0. The second-order valence-electron chi connectivity index (χ2n) is 5.67. The molecule has 116 valence electrons. The molecule has 3 heteroatoms. The van der Waals surface area contributed by atoms with Gasteiger partial charge in [-0.2, -0.15) is 0 Å². The minimum Gasteiger partial charge on any atom is -0.261 e. The molecule has 0 atom stereocenters. The molecule has 0 aliphatic heterocycles. The molecule has 2 aromatic heterocycles. The summed E-state index contributed by atoms with van der Waals surface area (Å²) >= 11 is 1.65. The van der Waals surface area contributed by atoms with Crippen LogP contribution in [-0.4, -0.2) is 9.97 Å². The van der Waals surface area contributed by atoms with E-state index in [0.717, 1.165) is 27.5 Å². The van der Waals surface area contributed by atoms with Crippen LogP contribution in [0.1, 0.15) is 5.69 Å². The molecule has 0 saturated heterocycles. The number of rotatable bonds is 3. The SMILES string of the molecule is Cc1ccc(-c2nc(-c3cccc(-c4ccccc4)c3)cs2)cn1. The molecular weight excluding hydrogens is 312 g/mol. The summed E-state index contributed by atoms with van der Waals surface area (Å²) in [5, 5.41) is 3.11. The zero-order chi connectivity index (χ0) is 16.4. The van der Waals surface area contributed by atoms with Gasteiger partial charge in [0.25, 0.3) is 0 Å². The van der Waals surface area contributed by atoms with Gasteiger partial charge in [0.15, 0.2) is 0 Å². The standard InChI is InChI=1S/C21H16N2S/c1-15-10-11-19(13-22-15)21-23-20(14-24-21)18-9-5-8-17(12-18)16-6-3-2-4-7-16/h2-14H,1H3. The first-order valence-electron chi connectivity index (χ1n) is 7.84. The lowest BCUT2D eigenvalue weighted by Gasteiger charge is -2.04. The Bertz CT molecular complexity index is 957. The van der Waals surface area contributed by atoms with E-state index < -0.39 is 0 Å². The lowest BCUT2D eigenvalue weighted by molar-refractivity contribution is 1.20. The van der Waals surface area contributed by atoms with Crippen molar-refractivity contribution in [2.45, 2.75) is 6.92 Å². The summed E-state index contributed by atoms with van der Waals surface area (Å²) in [6, 6.07) is 23.0. The van der Waals surface area contributed by atoms with E-state index in [0.29, 0.717) is 0 Å². The van der Waals surface area contributed by atoms with Crippen LogP contribution in [0.4, 0.5) is 0 Å². The van der Waals surface area contributed by atoms with Crippen molar-refractivity contribution in [3.8, 4) is 33.0 Å². The van der Waals surface area contributed by atoms with E-state index in [1.165, 1.54) is 11.1 Å². The molecule has 0 amide bonds. The average molecular weight is 328 g/mol. The maximum absolute atomic E-state index is 4.79. The van der Waals surface area contributed by atoms with Gasteiger partial charge < -0.3 is 0 Å². The lowest BCUT2D eigenvalue weighted by Crippen LogP contribution is -1.84. The summed E-state index contributed by atoms with van der Waals surface area (Å²) in [5.74, 6) is 0. The van der Waals surface area contributed by atoms with Crippen molar-refractivity contribution in [2.75, 3.05) is 0 Å². The van der Waals surface area contributed by atoms with Gasteiger partial charge in [0.2, 0.25) is 0 Å². The van der Waals surface area contributed by atoms with Crippen molar-refractivity contribution < 1.29 is 0 Å². The van der Waals surface area contributed by atoms with Crippen LogP contribution in [0.3, 0.4) is 0 Å². The number of aromatic nitrogens is 2. The third-order valence-corrected chi connectivity index (χ3v) is 4.82. The Morgan fingerprint density at radius 3 is 2.33 bits per heavy atom. The average Bonchev–Trinajstić information content (AvgIpc) is 3.13. The van der Waals surface area contributed by atoms with E-state index in [4.69, 9.17) is 4.98 Å². The smallest absolute Gasteiger partial charge is 0.125 e. The Morgan fingerprint density at radius 2 is 1.54 bits per heavy atom. The largest absolute Gasteiger partial charge is 0.261 e. The van der Waals surface area contributed by atoms with E-state index in [1.807, 2.05) is 25.3 Å². The number of benzene rings is 2. The number of nitrogens with zero attached hydrogens (tertiary/aromatic N) is 2. The minimum absolute atomic E-state index is 1.00. The third kappa shape index (κ3) is 2.99. The van der Waals surface area contributed by atoms with E-state index in [1.54, 1.807) is 11.3 Å². The Morgan fingerprint density at radius 1 is 0.750 bits per heavy atom. The maximum atomic E-state index is 4.79. The molecule has 0 radical (unpaired) electrons. The van der Waals surface area contributed by atoms with E-state index in [9.17, 15) is 0 Å². The Balaban J connectivity index is 1.69. The van der Waals surface area contributed by atoms with Crippen molar-refractivity contribution in [1.82, 2.24) is 9.97 Å². The van der Waals surface area contributed by atoms with Crippen LogP contribution in [0.2, 0.25) is 0 Å². The monoisotopic (exact) mass is 328 g/mol. The maximum Gasteiger partial charge on any atom is 0.125 e. The van der Waals surface area contributed by atoms with Gasteiger partial charge in [0.1, 0.15) is 5.01 Å². The number of thiazole rings is 1. The number of pyridine rings is 1. The first kappa shape index (κ1) is 14.8. The van der Waals surface area contributed by atoms with Crippen molar-refractivity contribution in [2.24, 2.45) is 0 Å². The van der Waals surface area contributed by atoms with Gasteiger partial charge in [-0.05, 0) is 36.2 Å². The fourth-order valence-corrected chi connectivity index (χ4v) is 3.44. The molecule has 0 aliphatic carbocycles. The number of hydrogen-bond acceptors (Lipinski definition) is 3. The molecule has 0 N–H and O–H groups in total. The number of aryl methyl sites for hydroxylation is 1. The van der Waals surface area contributed by atoms with Gasteiger partial charge in [-0.25, -0.2) is 4.98 Å². The molecule has 2 aromatic carbocycles. The zero-order valence-electron chi connectivity index (χ0n) is 13.3. The van der Waals surface area contributed by atoms with Gasteiger partial charge in [-0.3, -0.25) is 4.98 Å². The van der Waals surface area contributed by atoms with Crippen LogP contribution in [0.25, 0.3) is 33.0 Å². The van der Waals surface area contributed by atoms with Gasteiger partial charge in [-0.1, -0.05) is 48.5 Å². The summed E-state index contributed by atoms with van der Waals surface area (Å²) in [4.78, 5) is 9.15. The van der Waals surface area contributed by atoms with Crippen LogP contribution in [-0.2, 0) is 0 Å². The summed E-state index contributed by atoms with van der Waals surface area (Å²) in [5.41, 5.74) is 6.66. The second kappa shape index (κ2) is 6.38. The summed E-state index contributed by atoms with van der Waals surface area (Å²) in [6.45, 7) is 1.99. The lowest BCUT2D eigenvalue weighted by atomic mass is 10.0. The highest BCUT2D eigenvalue weighted by molar-refractivity contribution is 7.13. The van der Waals surface area contributed by atoms with Crippen LogP contribution in [0.15, 0.2) is 78.3 Å². The van der Waals surface area contributed by atoms with Gasteiger partial charge in [-0.15, -0.1) is 11.3 Å². The molecule has 24 heavy (non-hydrogen) atoms. The normalized spacial score (nSPS) is 10.7. The second-order valence-corrected chi connectivity index (χ2v) is 6.53. The van der Waals surface area contributed by atoms with Gasteiger partial charge in [0.05, 0.1) is 5.69 Å². The molecule has 2 nitrogen and oxygen atoms in total. The molecule has 2 heterocycles. The molecule has 0 spiro atoms. The first-order chi connectivity index (χ1) is 11.8. The highest BCUT2D eigenvalue weighted by Gasteiger charge is 2.08. The molecule has 4 rings (SSSR count). The van der Waals surface area contributed by atoms with E-state index >= 15 is 0 Å². The zero-order valence-corrected chi connectivity index (χ0v) is 14.1. The third-order valence-electron chi connectivity index (χ3n) is 3.93. The molecule has 0 fully saturated rings. The molecule has 0 unspecified atom stereocenters. The fourth-order valence-electron chi connectivity index (χ4n) is 2.62. The van der Waals surface area contributed by atoms with E-state index in [2.05, 4.69) is 65.0 Å². The molecule has 0 bridgehead atoms. The van der Waals surface area contributed by atoms with Crippen LogP contribution in [0.5, 0.6) is 0 Å². The Kier molecular flexibility index (Phi) is 3.93. The molecule has 0 aliphatic rings. The highest BCUT2D eigenvalue weighted by Crippen LogP contribution is 2.30. The first-order valence-corrected chi connectivity index (χ1v) is 8.72. The highest BCUT2D eigenvalue weighted by atomic mass is 32.1. The Labute approximate surface area is 145 Å². The fraction of sp³-hybridized carbons (Fsp3) is 0.0476. The minimum atomic E-state index is 1.00. The van der Waals surface area contributed by atoms with Crippen molar-refractivity contribution >= 4 is 11.3 Å². The van der Waals surface area contributed by atoms with E-state index in [-0.39, 0.29) is 0 Å². The topological polar surface area (TPSA) is 25.8 Å². The van der Waals surface area contributed by atoms with Crippen LogP contribution < -0.4 is 0 Å².